The molecule has 2 heteroatoms. The Bertz CT molecular complexity index is 92.9. The number of nitrogens with zero attached hydrogens (tertiary/aromatic N) is 1. The molecule has 0 aromatic heterocycles. The second-order valence-electron chi connectivity index (χ2n) is 3.22. The number of piperidine rings is 1. The van der Waals surface area contributed by atoms with Crippen LogP contribution in [0, 0.1) is 5.92 Å². The molecule has 0 bridgehead atoms. The van der Waals surface area contributed by atoms with Gasteiger partial charge in [0.2, 0.25) is 0 Å². The lowest BCUT2D eigenvalue weighted by Crippen LogP contribution is -2.44. The zero-order valence-corrected chi connectivity index (χ0v) is 6.30. The molecule has 0 amide bonds. The van der Waals surface area contributed by atoms with E-state index in [1.54, 1.807) is 0 Å². The summed E-state index contributed by atoms with van der Waals surface area (Å²) >= 11 is 0. The van der Waals surface area contributed by atoms with Crippen molar-refractivity contribution < 1.29 is 0 Å². The maximum Gasteiger partial charge on any atom is 0.0215 e. The maximum absolute atomic E-state index is 5.67. The highest BCUT2D eigenvalue weighted by Crippen LogP contribution is 2.18. The summed E-state index contributed by atoms with van der Waals surface area (Å²) in [7, 11) is 0. The molecule has 1 heterocycles. The van der Waals surface area contributed by atoms with Crippen LogP contribution in [0.3, 0.4) is 0 Å². The quantitative estimate of drug-likeness (QED) is 0.493. The normalized spacial score (nSPS) is 39.0. The Labute approximate surface area is 57.0 Å². The molecule has 0 aromatic carbocycles. The van der Waals surface area contributed by atoms with Gasteiger partial charge in [-0.2, -0.15) is 0 Å². The van der Waals surface area contributed by atoms with Gasteiger partial charge in [-0.15, -0.1) is 0 Å². The van der Waals surface area contributed by atoms with Crippen molar-refractivity contribution >= 4 is 0 Å². The third-order valence-corrected chi connectivity index (χ3v) is 2.19. The van der Waals surface area contributed by atoms with E-state index in [4.69, 9.17) is 5.84 Å². The van der Waals surface area contributed by atoms with Gasteiger partial charge in [0.25, 0.3) is 0 Å². The van der Waals surface area contributed by atoms with Gasteiger partial charge in [0.1, 0.15) is 0 Å². The summed E-state index contributed by atoms with van der Waals surface area (Å²) in [4.78, 5) is 0. The molecule has 2 N–H and O–H groups in total. The lowest BCUT2D eigenvalue weighted by atomic mass is 9.95. The summed E-state index contributed by atoms with van der Waals surface area (Å²) in [5, 5.41) is 1.94. The Morgan fingerprint density at radius 2 is 2.11 bits per heavy atom. The SMILES string of the molecule is CC1CCN(N)C(C)C1. The zero-order chi connectivity index (χ0) is 6.85. The lowest BCUT2D eigenvalue weighted by molar-refractivity contribution is 0.131. The van der Waals surface area contributed by atoms with Gasteiger partial charge in [0.15, 0.2) is 0 Å². The average Bonchev–Trinajstić information content (AvgIpc) is 1.80. The standard InChI is InChI=1S/C7H16N2/c1-6-3-4-9(8)7(2)5-6/h6-7H,3-5,8H2,1-2H3. The van der Waals surface area contributed by atoms with Gasteiger partial charge >= 0.3 is 0 Å². The molecular weight excluding hydrogens is 112 g/mol. The first-order valence-electron chi connectivity index (χ1n) is 3.71. The summed E-state index contributed by atoms with van der Waals surface area (Å²) in [5.41, 5.74) is 0. The topological polar surface area (TPSA) is 29.3 Å². The first-order valence-corrected chi connectivity index (χ1v) is 3.71. The first kappa shape index (κ1) is 7.03. The molecule has 1 aliphatic heterocycles. The molecule has 1 aliphatic rings. The van der Waals surface area contributed by atoms with Crippen LogP contribution in [0.4, 0.5) is 0 Å². The molecule has 2 atom stereocenters. The summed E-state index contributed by atoms with van der Waals surface area (Å²) in [6, 6.07) is 0.591. The number of hydrazine groups is 1. The predicted octanol–water partition coefficient (Wildman–Crippen LogP) is 0.980. The summed E-state index contributed by atoms with van der Waals surface area (Å²) in [5.74, 6) is 6.55. The molecule has 0 aromatic rings. The van der Waals surface area contributed by atoms with Crippen LogP contribution in [0.5, 0.6) is 0 Å². The number of hydrogen-bond donors (Lipinski definition) is 1. The summed E-state index contributed by atoms with van der Waals surface area (Å²) in [6.07, 6.45) is 2.53. The monoisotopic (exact) mass is 128 g/mol. The van der Waals surface area contributed by atoms with Crippen LogP contribution in [0.1, 0.15) is 26.7 Å². The van der Waals surface area contributed by atoms with Crippen LogP contribution in [-0.4, -0.2) is 17.6 Å². The molecule has 1 fully saturated rings. The predicted molar refractivity (Wildman–Crippen MR) is 38.8 cm³/mol. The van der Waals surface area contributed by atoms with Crippen molar-refractivity contribution in [2.24, 2.45) is 11.8 Å². The molecule has 1 rings (SSSR count). The summed E-state index contributed by atoms with van der Waals surface area (Å²) < 4.78 is 0. The number of rotatable bonds is 0. The van der Waals surface area contributed by atoms with E-state index in [0.717, 1.165) is 12.5 Å². The fourth-order valence-corrected chi connectivity index (χ4v) is 1.43. The Morgan fingerprint density at radius 3 is 2.56 bits per heavy atom. The van der Waals surface area contributed by atoms with Crippen molar-refractivity contribution in [3.63, 3.8) is 0 Å². The van der Waals surface area contributed by atoms with Crippen LogP contribution < -0.4 is 5.84 Å². The van der Waals surface area contributed by atoms with E-state index in [2.05, 4.69) is 13.8 Å². The maximum atomic E-state index is 5.67. The van der Waals surface area contributed by atoms with Crippen molar-refractivity contribution in [1.29, 1.82) is 0 Å². The van der Waals surface area contributed by atoms with Gasteiger partial charge in [0.05, 0.1) is 0 Å². The van der Waals surface area contributed by atoms with E-state index in [-0.39, 0.29) is 0 Å². The molecule has 0 saturated carbocycles. The van der Waals surface area contributed by atoms with E-state index in [1.165, 1.54) is 12.8 Å². The van der Waals surface area contributed by atoms with Crippen LogP contribution in [-0.2, 0) is 0 Å². The van der Waals surface area contributed by atoms with Crippen molar-refractivity contribution in [1.82, 2.24) is 5.01 Å². The second kappa shape index (κ2) is 2.67. The third kappa shape index (κ3) is 1.66. The first-order chi connectivity index (χ1) is 4.20. The van der Waals surface area contributed by atoms with Gasteiger partial charge in [-0.05, 0) is 25.7 Å². The van der Waals surface area contributed by atoms with E-state index in [0.29, 0.717) is 6.04 Å². The molecule has 1 saturated heterocycles. The molecular formula is C7H16N2. The van der Waals surface area contributed by atoms with Crippen molar-refractivity contribution in [2.45, 2.75) is 32.7 Å². The van der Waals surface area contributed by atoms with Gasteiger partial charge < -0.3 is 0 Å². The minimum atomic E-state index is 0.591. The van der Waals surface area contributed by atoms with E-state index >= 15 is 0 Å². The molecule has 2 nitrogen and oxygen atoms in total. The van der Waals surface area contributed by atoms with Crippen molar-refractivity contribution in [3.05, 3.63) is 0 Å². The molecule has 0 spiro atoms. The van der Waals surface area contributed by atoms with Gasteiger partial charge in [-0.25, -0.2) is 5.01 Å². The molecule has 0 aliphatic carbocycles. The molecule has 2 unspecified atom stereocenters. The lowest BCUT2D eigenvalue weighted by Gasteiger charge is -2.32. The van der Waals surface area contributed by atoms with Crippen LogP contribution in [0.15, 0.2) is 0 Å². The van der Waals surface area contributed by atoms with E-state index < -0.39 is 0 Å². The Hall–Kier alpha value is -0.0800. The third-order valence-electron chi connectivity index (χ3n) is 2.19. The Morgan fingerprint density at radius 1 is 1.44 bits per heavy atom. The summed E-state index contributed by atoms with van der Waals surface area (Å²) in [6.45, 7) is 5.56. The van der Waals surface area contributed by atoms with Gasteiger partial charge in [-0.1, -0.05) is 6.92 Å². The van der Waals surface area contributed by atoms with Gasteiger partial charge in [0, 0.05) is 12.6 Å². The Balaban J connectivity index is 2.35. The highest BCUT2D eigenvalue weighted by Gasteiger charge is 2.19. The largest absolute Gasteiger partial charge is 0.269 e. The fraction of sp³-hybridized carbons (Fsp3) is 1.00. The second-order valence-corrected chi connectivity index (χ2v) is 3.22. The minimum absolute atomic E-state index is 0.591. The Kier molecular flexibility index (Phi) is 2.09. The number of nitrogens with two attached hydrogens (primary N) is 1. The highest BCUT2D eigenvalue weighted by molar-refractivity contribution is 4.72. The zero-order valence-electron chi connectivity index (χ0n) is 6.30. The smallest absolute Gasteiger partial charge is 0.0215 e. The van der Waals surface area contributed by atoms with Crippen LogP contribution in [0.25, 0.3) is 0 Å². The minimum Gasteiger partial charge on any atom is -0.269 e. The average molecular weight is 128 g/mol. The van der Waals surface area contributed by atoms with Crippen molar-refractivity contribution in [3.8, 4) is 0 Å². The van der Waals surface area contributed by atoms with Crippen LogP contribution in [0.2, 0.25) is 0 Å². The van der Waals surface area contributed by atoms with Crippen LogP contribution >= 0.6 is 0 Å². The van der Waals surface area contributed by atoms with Gasteiger partial charge in [-0.3, -0.25) is 5.84 Å². The molecule has 0 radical (unpaired) electrons. The van der Waals surface area contributed by atoms with Crippen molar-refractivity contribution in [2.75, 3.05) is 6.54 Å². The molecule has 9 heavy (non-hydrogen) atoms. The van der Waals surface area contributed by atoms with E-state index in [1.807, 2.05) is 5.01 Å². The number of hydrogen-bond acceptors (Lipinski definition) is 2. The molecule has 54 valence electrons. The van der Waals surface area contributed by atoms with E-state index in [9.17, 15) is 0 Å². The highest BCUT2D eigenvalue weighted by atomic mass is 15.4. The fourth-order valence-electron chi connectivity index (χ4n) is 1.43.